The molecule has 0 aliphatic heterocycles. The molecule has 3 rings (SSSR count). The molecule has 2 heterocycles. The van der Waals surface area contributed by atoms with Crippen LogP contribution in [0.3, 0.4) is 0 Å². The molecule has 2 aromatic heterocycles. The Labute approximate surface area is 110 Å². The Morgan fingerprint density at radius 3 is 2.78 bits per heavy atom. The molecule has 0 bridgehead atoms. The van der Waals surface area contributed by atoms with Gasteiger partial charge in [0, 0.05) is 25.5 Å². The first-order valence-corrected chi connectivity index (χ1v) is 6.24. The van der Waals surface area contributed by atoms with E-state index in [1.807, 2.05) is 7.05 Å². The first-order chi connectivity index (χ1) is 8.74. The van der Waals surface area contributed by atoms with Crippen molar-refractivity contribution >= 4 is 17.5 Å². The molecule has 0 aromatic carbocycles. The topological polar surface area (TPSA) is 59.7 Å². The second-order valence-corrected chi connectivity index (χ2v) is 4.71. The summed E-state index contributed by atoms with van der Waals surface area (Å²) in [4.78, 5) is 18.7. The molecular formula is C11H13ClN6. The molecule has 1 saturated carbocycles. The Morgan fingerprint density at radius 2 is 2.17 bits per heavy atom. The molecular weight excluding hydrogens is 252 g/mol. The minimum absolute atomic E-state index is 0.204. The van der Waals surface area contributed by atoms with Gasteiger partial charge in [-0.05, 0) is 30.9 Å². The fourth-order valence-corrected chi connectivity index (χ4v) is 2.07. The second kappa shape index (κ2) is 4.53. The maximum absolute atomic E-state index is 5.95. The van der Waals surface area contributed by atoms with Crippen LogP contribution in [0.1, 0.15) is 19.3 Å². The summed E-state index contributed by atoms with van der Waals surface area (Å²) in [5, 5.41) is 0.204. The van der Waals surface area contributed by atoms with Gasteiger partial charge in [-0.1, -0.05) is 0 Å². The summed E-state index contributed by atoms with van der Waals surface area (Å²) in [6.07, 6.45) is 8.72. The maximum Gasteiger partial charge on any atom is 0.241 e. The molecule has 6 nitrogen and oxygen atoms in total. The fraction of sp³-hybridized carbons (Fsp3) is 0.455. The number of hydrogen-bond acceptors (Lipinski definition) is 5. The average molecular weight is 265 g/mol. The van der Waals surface area contributed by atoms with Crippen molar-refractivity contribution in [3.63, 3.8) is 0 Å². The minimum atomic E-state index is 0.204. The summed E-state index contributed by atoms with van der Waals surface area (Å²) >= 11 is 5.95. The van der Waals surface area contributed by atoms with E-state index in [-0.39, 0.29) is 5.28 Å². The number of aromatic nitrogens is 5. The number of halogens is 1. The molecule has 1 aliphatic rings. The lowest BCUT2D eigenvalue weighted by atomic mass is 9.92. The van der Waals surface area contributed by atoms with E-state index < -0.39 is 0 Å². The van der Waals surface area contributed by atoms with Crippen LogP contribution >= 0.6 is 11.6 Å². The summed E-state index contributed by atoms with van der Waals surface area (Å²) in [6, 6.07) is 0.513. The molecule has 0 amide bonds. The number of imidazole rings is 1. The van der Waals surface area contributed by atoms with E-state index in [4.69, 9.17) is 11.6 Å². The van der Waals surface area contributed by atoms with E-state index in [1.165, 1.54) is 19.3 Å². The van der Waals surface area contributed by atoms with Crippen LogP contribution in [0, 0.1) is 0 Å². The van der Waals surface area contributed by atoms with Crippen molar-refractivity contribution in [2.75, 3.05) is 11.9 Å². The van der Waals surface area contributed by atoms with Gasteiger partial charge in [0.15, 0.2) is 0 Å². The largest absolute Gasteiger partial charge is 0.341 e. The van der Waals surface area contributed by atoms with Crippen molar-refractivity contribution in [2.24, 2.45) is 0 Å². The maximum atomic E-state index is 5.95. The van der Waals surface area contributed by atoms with Crippen molar-refractivity contribution in [1.29, 1.82) is 0 Å². The first kappa shape index (κ1) is 11.4. The van der Waals surface area contributed by atoms with Crippen LogP contribution in [-0.4, -0.2) is 37.6 Å². The van der Waals surface area contributed by atoms with Crippen LogP contribution in [0.5, 0.6) is 0 Å². The molecule has 18 heavy (non-hydrogen) atoms. The van der Waals surface area contributed by atoms with Crippen molar-refractivity contribution in [1.82, 2.24) is 24.5 Å². The average Bonchev–Trinajstić information content (AvgIpc) is 2.79. The Bertz CT molecular complexity index is 536. The third-order valence-electron chi connectivity index (χ3n) is 3.26. The van der Waals surface area contributed by atoms with Gasteiger partial charge in [0.1, 0.15) is 6.33 Å². The molecule has 2 aromatic rings. The van der Waals surface area contributed by atoms with Gasteiger partial charge in [-0.25, -0.2) is 4.98 Å². The molecule has 0 unspecified atom stereocenters. The smallest absolute Gasteiger partial charge is 0.241 e. The van der Waals surface area contributed by atoms with Crippen molar-refractivity contribution in [3.05, 3.63) is 24.0 Å². The third kappa shape index (κ3) is 2.03. The van der Waals surface area contributed by atoms with Gasteiger partial charge in [0.05, 0.1) is 0 Å². The van der Waals surface area contributed by atoms with E-state index in [9.17, 15) is 0 Å². The van der Waals surface area contributed by atoms with Gasteiger partial charge in [0.2, 0.25) is 17.2 Å². The van der Waals surface area contributed by atoms with Crippen LogP contribution in [0.2, 0.25) is 5.28 Å². The lowest BCUT2D eigenvalue weighted by molar-refractivity contribution is 0.397. The van der Waals surface area contributed by atoms with Gasteiger partial charge >= 0.3 is 0 Å². The molecule has 0 radical (unpaired) electrons. The van der Waals surface area contributed by atoms with Crippen LogP contribution in [0.25, 0.3) is 5.95 Å². The van der Waals surface area contributed by atoms with Crippen molar-refractivity contribution in [2.45, 2.75) is 25.3 Å². The lowest BCUT2D eigenvalue weighted by Gasteiger charge is -2.34. The van der Waals surface area contributed by atoms with Gasteiger partial charge < -0.3 is 4.90 Å². The predicted molar refractivity (Wildman–Crippen MR) is 68.0 cm³/mol. The van der Waals surface area contributed by atoms with Crippen LogP contribution < -0.4 is 4.90 Å². The van der Waals surface area contributed by atoms with Gasteiger partial charge in [0.25, 0.3) is 0 Å². The zero-order chi connectivity index (χ0) is 12.5. The highest BCUT2D eigenvalue weighted by Gasteiger charge is 2.24. The van der Waals surface area contributed by atoms with Crippen molar-refractivity contribution < 1.29 is 0 Å². The number of hydrogen-bond donors (Lipinski definition) is 0. The zero-order valence-electron chi connectivity index (χ0n) is 9.99. The van der Waals surface area contributed by atoms with Crippen molar-refractivity contribution in [3.8, 4) is 5.95 Å². The Balaban J connectivity index is 1.95. The zero-order valence-corrected chi connectivity index (χ0v) is 10.7. The van der Waals surface area contributed by atoms with E-state index >= 15 is 0 Å². The van der Waals surface area contributed by atoms with Crippen LogP contribution in [0.4, 0.5) is 5.95 Å². The molecule has 1 aliphatic carbocycles. The molecule has 1 fully saturated rings. The molecule has 94 valence electrons. The Kier molecular flexibility index (Phi) is 2.87. The quantitative estimate of drug-likeness (QED) is 0.844. The molecule has 0 spiro atoms. The third-order valence-corrected chi connectivity index (χ3v) is 3.43. The van der Waals surface area contributed by atoms with E-state index in [2.05, 4.69) is 24.8 Å². The molecule has 7 heteroatoms. The standard InChI is InChI=1S/C11H13ClN6/c1-17(8-3-2-4-8)10-14-9(12)15-11(16-10)18-6-5-13-7-18/h5-8H,2-4H2,1H3. The number of nitrogens with zero attached hydrogens (tertiary/aromatic N) is 6. The van der Waals surface area contributed by atoms with Gasteiger partial charge in [-0.3, -0.25) is 4.57 Å². The lowest BCUT2D eigenvalue weighted by Crippen LogP contribution is -2.38. The highest BCUT2D eigenvalue weighted by Crippen LogP contribution is 2.26. The number of rotatable bonds is 3. The Hall–Kier alpha value is -1.69. The number of anilines is 1. The Morgan fingerprint density at radius 1 is 1.33 bits per heavy atom. The normalized spacial score (nSPS) is 15.4. The van der Waals surface area contributed by atoms with Crippen LogP contribution in [-0.2, 0) is 0 Å². The second-order valence-electron chi connectivity index (χ2n) is 4.37. The summed E-state index contributed by atoms with van der Waals surface area (Å²) < 4.78 is 1.71. The van der Waals surface area contributed by atoms with E-state index in [1.54, 1.807) is 23.3 Å². The first-order valence-electron chi connectivity index (χ1n) is 5.87. The molecule has 0 saturated heterocycles. The summed E-state index contributed by atoms with van der Waals surface area (Å²) in [5.74, 6) is 1.11. The summed E-state index contributed by atoms with van der Waals surface area (Å²) in [7, 11) is 1.99. The van der Waals surface area contributed by atoms with Gasteiger partial charge in [-0.2, -0.15) is 15.0 Å². The van der Waals surface area contributed by atoms with E-state index in [0.717, 1.165) is 0 Å². The van der Waals surface area contributed by atoms with Crippen LogP contribution in [0.15, 0.2) is 18.7 Å². The molecule has 0 N–H and O–H groups in total. The SMILES string of the molecule is CN(c1nc(Cl)nc(-n2ccnc2)n1)C1CCC1. The highest BCUT2D eigenvalue weighted by molar-refractivity contribution is 6.28. The predicted octanol–water partition coefficient (Wildman–Crippen LogP) is 1.70. The van der Waals surface area contributed by atoms with Gasteiger partial charge in [-0.15, -0.1) is 0 Å². The van der Waals surface area contributed by atoms with E-state index in [0.29, 0.717) is 17.9 Å². The highest BCUT2D eigenvalue weighted by atomic mass is 35.5. The minimum Gasteiger partial charge on any atom is -0.341 e. The molecule has 0 atom stereocenters. The monoisotopic (exact) mass is 264 g/mol. The summed E-state index contributed by atoms with van der Waals surface area (Å²) in [6.45, 7) is 0. The fourth-order valence-electron chi connectivity index (χ4n) is 1.92. The summed E-state index contributed by atoms with van der Waals surface area (Å²) in [5.41, 5.74) is 0.